The minimum atomic E-state index is 0.668. The average Bonchev–Trinajstić information content (AvgIpc) is 2.29. The molecule has 0 aliphatic heterocycles. The zero-order valence-electron chi connectivity index (χ0n) is 8.73. The van der Waals surface area contributed by atoms with Gasteiger partial charge in [-0.25, -0.2) is 0 Å². The Labute approximate surface area is 88.9 Å². The Balaban J connectivity index is 2.45. The zero-order valence-corrected chi connectivity index (χ0v) is 8.73. The highest BCUT2D eigenvalue weighted by molar-refractivity contribution is 5.80. The molecule has 3 nitrogen and oxygen atoms in total. The standard InChI is InChI=1S/C12H14N2O/c1-15-11-7-10-3-2-9(4-5-13)6-12(10)14-8-11/h2-3,6-8H,4-5,13H2,1H3. The summed E-state index contributed by atoms with van der Waals surface area (Å²) in [5, 5.41) is 1.09. The SMILES string of the molecule is COc1cnc2cc(CCN)ccc2c1. The van der Waals surface area contributed by atoms with E-state index in [0.717, 1.165) is 23.1 Å². The van der Waals surface area contributed by atoms with Gasteiger partial charge in [0.25, 0.3) is 0 Å². The van der Waals surface area contributed by atoms with Crippen LogP contribution in [0.4, 0.5) is 0 Å². The van der Waals surface area contributed by atoms with E-state index in [1.165, 1.54) is 5.56 Å². The molecule has 1 aromatic heterocycles. The van der Waals surface area contributed by atoms with Crippen LogP contribution >= 0.6 is 0 Å². The molecule has 1 heterocycles. The van der Waals surface area contributed by atoms with Crippen molar-refractivity contribution in [1.82, 2.24) is 4.98 Å². The van der Waals surface area contributed by atoms with E-state index in [1.54, 1.807) is 13.3 Å². The van der Waals surface area contributed by atoms with Gasteiger partial charge >= 0.3 is 0 Å². The Morgan fingerprint density at radius 3 is 2.93 bits per heavy atom. The van der Waals surface area contributed by atoms with E-state index in [-0.39, 0.29) is 0 Å². The van der Waals surface area contributed by atoms with Crippen LogP contribution in [0.2, 0.25) is 0 Å². The number of methoxy groups -OCH3 is 1. The number of ether oxygens (including phenoxy) is 1. The van der Waals surface area contributed by atoms with Gasteiger partial charge in [0.2, 0.25) is 0 Å². The maximum atomic E-state index is 5.51. The van der Waals surface area contributed by atoms with Crippen molar-refractivity contribution in [3.63, 3.8) is 0 Å². The molecule has 0 fully saturated rings. The van der Waals surface area contributed by atoms with Crippen molar-refractivity contribution in [2.45, 2.75) is 6.42 Å². The number of aromatic nitrogens is 1. The smallest absolute Gasteiger partial charge is 0.137 e. The molecule has 0 radical (unpaired) electrons. The number of nitrogens with zero attached hydrogens (tertiary/aromatic N) is 1. The van der Waals surface area contributed by atoms with Gasteiger partial charge in [-0.15, -0.1) is 0 Å². The number of hydrogen-bond acceptors (Lipinski definition) is 3. The fraction of sp³-hybridized carbons (Fsp3) is 0.250. The summed E-state index contributed by atoms with van der Waals surface area (Å²) in [7, 11) is 1.64. The first-order valence-electron chi connectivity index (χ1n) is 4.96. The van der Waals surface area contributed by atoms with Crippen molar-refractivity contribution in [2.24, 2.45) is 5.73 Å². The van der Waals surface area contributed by atoms with Crippen LogP contribution in [0.15, 0.2) is 30.5 Å². The molecule has 0 saturated carbocycles. The number of hydrogen-bond donors (Lipinski definition) is 1. The normalized spacial score (nSPS) is 10.5. The molecule has 3 heteroatoms. The van der Waals surface area contributed by atoms with E-state index < -0.39 is 0 Å². The van der Waals surface area contributed by atoms with Crippen LogP contribution in [-0.4, -0.2) is 18.6 Å². The zero-order chi connectivity index (χ0) is 10.7. The summed E-state index contributed by atoms with van der Waals surface area (Å²) < 4.78 is 5.12. The number of nitrogens with two attached hydrogens (primary N) is 1. The summed E-state index contributed by atoms with van der Waals surface area (Å²) in [4.78, 5) is 4.33. The maximum absolute atomic E-state index is 5.51. The summed E-state index contributed by atoms with van der Waals surface area (Å²) in [6, 6.07) is 8.18. The van der Waals surface area contributed by atoms with Crippen molar-refractivity contribution in [1.29, 1.82) is 0 Å². The molecule has 0 aliphatic rings. The second kappa shape index (κ2) is 4.28. The van der Waals surface area contributed by atoms with E-state index in [2.05, 4.69) is 23.2 Å². The quantitative estimate of drug-likeness (QED) is 0.824. The Kier molecular flexibility index (Phi) is 2.83. The van der Waals surface area contributed by atoms with Gasteiger partial charge in [-0.1, -0.05) is 12.1 Å². The summed E-state index contributed by atoms with van der Waals surface area (Å²) in [5.74, 6) is 0.786. The average molecular weight is 202 g/mol. The molecule has 1 aromatic carbocycles. The van der Waals surface area contributed by atoms with E-state index >= 15 is 0 Å². The van der Waals surface area contributed by atoms with Gasteiger partial charge < -0.3 is 10.5 Å². The molecule has 0 saturated heterocycles. The lowest BCUT2D eigenvalue weighted by Gasteiger charge is -2.03. The molecule has 0 aliphatic carbocycles. The van der Waals surface area contributed by atoms with Gasteiger partial charge in [0.05, 0.1) is 18.8 Å². The molecule has 0 atom stereocenters. The number of benzene rings is 1. The molecule has 0 spiro atoms. The highest BCUT2D eigenvalue weighted by Crippen LogP contribution is 2.19. The first kappa shape index (κ1) is 9.93. The first-order chi connectivity index (χ1) is 7.33. The first-order valence-corrected chi connectivity index (χ1v) is 4.96. The lowest BCUT2D eigenvalue weighted by Crippen LogP contribution is -2.02. The molecule has 0 unspecified atom stereocenters. The van der Waals surface area contributed by atoms with Crippen LogP contribution in [0, 0.1) is 0 Å². The van der Waals surface area contributed by atoms with E-state index in [9.17, 15) is 0 Å². The third kappa shape index (κ3) is 2.07. The van der Waals surface area contributed by atoms with Crippen LogP contribution in [-0.2, 0) is 6.42 Å². The van der Waals surface area contributed by atoms with Crippen molar-refractivity contribution in [3.8, 4) is 5.75 Å². The molecule has 78 valence electrons. The monoisotopic (exact) mass is 202 g/mol. The van der Waals surface area contributed by atoms with Crippen molar-refractivity contribution in [3.05, 3.63) is 36.0 Å². The fourth-order valence-electron chi connectivity index (χ4n) is 1.58. The maximum Gasteiger partial charge on any atom is 0.137 e. The van der Waals surface area contributed by atoms with Crippen LogP contribution in [0.1, 0.15) is 5.56 Å². The minimum absolute atomic E-state index is 0.668. The molecular formula is C12H14N2O. The molecular weight excluding hydrogens is 188 g/mol. The van der Waals surface area contributed by atoms with Gasteiger partial charge in [0, 0.05) is 5.39 Å². The highest BCUT2D eigenvalue weighted by atomic mass is 16.5. The molecule has 15 heavy (non-hydrogen) atoms. The molecule has 2 rings (SSSR count). The predicted octanol–water partition coefficient (Wildman–Crippen LogP) is 1.74. The van der Waals surface area contributed by atoms with Crippen molar-refractivity contribution in [2.75, 3.05) is 13.7 Å². The Morgan fingerprint density at radius 1 is 1.33 bits per heavy atom. The van der Waals surface area contributed by atoms with E-state index in [4.69, 9.17) is 10.5 Å². The van der Waals surface area contributed by atoms with Crippen molar-refractivity contribution >= 4 is 10.9 Å². The lowest BCUT2D eigenvalue weighted by molar-refractivity contribution is 0.414. The lowest BCUT2D eigenvalue weighted by atomic mass is 10.1. The van der Waals surface area contributed by atoms with E-state index in [0.29, 0.717) is 6.54 Å². The largest absolute Gasteiger partial charge is 0.495 e. The highest BCUT2D eigenvalue weighted by Gasteiger charge is 1.99. The number of pyridine rings is 1. The van der Waals surface area contributed by atoms with Gasteiger partial charge in [-0.2, -0.15) is 0 Å². The third-order valence-electron chi connectivity index (χ3n) is 2.39. The van der Waals surface area contributed by atoms with Gasteiger partial charge in [0.1, 0.15) is 5.75 Å². The number of rotatable bonds is 3. The van der Waals surface area contributed by atoms with Gasteiger partial charge in [-0.05, 0) is 30.7 Å². The fourth-order valence-corrected chi connectivity index (χ4v) is 1.58. The molecule has 2 N–H and O–H groups in total. The summed E-state index contributed by atoms with van der Waals surface area (Å²) in [5.41, 5.74) is 7.72. The third-order valence-corrected chi connectivity index (χ3v) is 2.39. The summed E-state index contributed by atoms with van der Waals surface area (Å²) in [6.07, 6.45) is 2.62. The Morgan fingerprint density at radius 2 is 2.20 bits per heavy atom. The number of fused-ring (bicyclic) bond motifs is 1. The van der Waals surface area contributed by atoms with E-state index in [1.807, 2.05) is 6.07 Å². The second-order valence-electron chi connectivity index (χ2n) is 3.44. The van der Waals surface area contributed by atoms with Gasteiger partial charge in [0.15, 0.2) is 0 Å². The summed E-state index contributed by atoms with van der Waals surface area (Å²) >= 11 is 0. The van der Waals surface area contributed by atoms with Gasteiger partial charge in [-0.3, -0.25) is 4.98 Å². The van der Waals surface area contributed by atoms with Crippen molar-refractivity contribution < 1.29 is 4.74 Å². The van der Waals surface area contributed by atoms with Crippen LogP contribution in [0.3, 0.4) is 0 Å². The van der Waals surface area contributed by atoms with Crippen LogP contribution < -0.4 is 10.5 Å². The second-order valence-corrected chi connectivity index (χ2v) is 3.44. The van der Waals surface area contributed by atoms with Crippen LogP contribution in [0.25, 0.3) is 10.9 Å². The molecule has 0 amide bonds. The summed E-state index contributed by atoms with van der Waals surface area (Å²) in [6.45, 7) is 0.668. The van der Waals surface area contributed by atoms with Crippen LogP contribution in [0.5, 0.6) is 5.75 Å². The molecule has 0 bridgehead atoms. The Hall–Kier alpha value is -1.61. The predicted molar refractivity (Wildman–Crippen MR) is 61.1 cm³/mol. The minimum Gasteiger partial charge on any atom is -0.495 e. The topological polar surface area (TPSA) is 48.1 Å². The molecule has 2 aromatic rings. The Bertz CT molecular complexity index is 468.